The third kappa shape index (κ3) is 2.68. The smallest absolute Gasteiger partial charge is 0.338 e. The molecule has 1 heterocycles. The largest absolute Gasteiger partial charge is 0.454 e. The van der Waals surface area contributed by atoms with Crippen LogP contribution in [0.15, 0.2) is 42.6 Å². The van der Waals surface area contributed by atoms with Crippen molar-refractivity contribution >= 4 is 17.6 Å². The number of hydrogen-bond donors (Lipinski definition) is 0. The minimum absolute atomic E-state index is 0.167. The van der Waals surface area contributed by atoms with Gasteiger partial charge in [0.1, 0.15) is 11.3 Å². The van der Waals surface area contributed by atoms with Gasteiger partial charge in [0.15, 0.2) is 0 Å². The molecule has 1 aliphatic rings. The predicted octanol–water partition coefficient (Wildman–Crippen LogP) is 3.97. The van der Waals surface area contributed by atoms with Gasteiger partial charge in [0.05, 0.1) is 5.56 Å². The van der Waals surface area contributed by atoms with E-state index in [0.29, 0.717) is 10.7 Å². The molecular formula is C16H14ClNO2. The molecule has 0 saturated carbocycles. The summed E-state index contributed by atoms with van der Waals surface area (Å²) < 4.78 is 5.63. The number of pyridine rings is 1. The highest BCUT2D eigenvalue weighted by Gasteiger charge is 2.23. The van der Waals surface area contributed by atoms with E-state index in [9.17, 15) is 4.79 Å². The molecule has 1 aromatic carbocycles. The van der Waals surface area contributed by atoms with E-state index in [-0.39, 0.29) is 12.1 Å². The highest BCUT2D eigenvalue weighted by molar-refractivity contribution is 6.29. The fraction of sp³-hybridized carbons (Fsp3) is 0.250. The van der Waals surface area contributed by atoms with Gasteiger partial charge in [-0.3, -0.25) is 0 Å². The summed E-state index contributed by atoms with van der Waals surface area (Å²) in [6, 6.07) is 11.3. The standard InChI is InChI=1S/C16H14ClNO2/c17-15-10-12(8-9-18-15)16(19)20-14-7-3-5-11-4-1-2-6-13(11)14/h1-2,4,6,8-10,14H,3,5,7H2. The Morgan fingerprint density at radius 3 is 3.00 bits per heavy atom. The number of carbonyl (C=O) groups is 1. The summed E-state index contributed by atoms with van der Waals surface area (Å²) >= 11 is 5.79. The number of nitrogens with zero attached hydrogens (tertiary/aromatic N) is 1. The second-order valence-corrected chi connectivity index (χ2v) is 5.24. The molecule has 0 fully saturated rings. The van der Waals surface area contributed by atoms with Crippen LogP contribution in [0.1, 0.15) is 40.4 Å². The summed E-state index contributed by atoms with van der Waals surface area (Å²) in [5.74, 6) is -0.351. The van der Waals surface area contributed by atoms with Crippen molar-refractivity contribution < 1.29 is 9.53 Å². The van der Waals surface area contributed by atoms with Crippen LogP contribution in [0.25, 0.3) is 0 Å². The number of esters is 1. The number of aryl methyl sites for hydroxylation is 1. The van der Waals surface area contributed by atoms with Crippen molar-refractivity contribution in [1.29, 1.82) is 0 Å². The zero-order valence-electron chi connectivity index (χ0n) is 10.9. The van der Waals surface area contributed by atoms with Gasteiger partial charge in [0.2, 0.25) is 0 Å². The second-order valence-electron chi connectivity index (χ2n) is 4.85. The number of fused-ring (bicyclic) bond motifs is 1. The molecule has 1 atom stereocenters. The van der Waals surface area contributed by atoms with E-state index in [0.717, 1.165) is 24.8 Å². The van der Waals surface area contributed by atoms with Crippen LogP contribution in [0.5, 0.6) is 0 Å². The van der Waals surface area contributed by atoms with Gasteiger partial charge in [-0.05, 0) is 42.5 Å². The molecule has 0 spiro atoms. The lowest BCUT2D eigenvalue weighted by atomic mass is 9.89. The Morgan fingerprint density at radius 2 is 2.15 bits per heavy atom. The highest BCUT2D eigenvalue weighted by atomic mass is 35.5. The predicted molar refractivity (Wildman–Crippen MR) is 76.8 cm³/mol. The Labute approximate surface area is 122 Å². The molecular weight excluding hydrogens is 274 g/mol. The van der Waals surface area contributed by atoms with E-state index in [1.165, 1.54) is 17.8 Å². The van der Waals surface area contributed by atoms with Crippen molar-refractivity contribution in [3.8, 4) is 0 Å². The lowest BCUT2D eigenvalue weighted by Crippen LogP contribution is -2.17. The Morgan fingerprint density at radius 1 is 1.30 bits per heavy atom. The SMILES string of the molecule is O=C(OC1CCCc2ccccc21)c1ccnc(Cl)c1. The number of ether oxygens (including phenoxy) is 1. The summed E-state index contributed by atoms with van der Waals surface area (Å²) in [4.78, 5) is 16.0. The molecule has 0 radical (unpaired) electrons. The summed E-state index contributed by atoms with van der Waals surface area (Å²) in [5, 5.41) is 0.295. The lowest BCUT2D eigenvalue weighted by Gasteiger charge is -2.25. The molecule has 0 amide bonds. The van der Waals surface area contributed by atoms with E-state index in [1.807, 2.05) is 18.2 Å². The van der Waals surface area contributed by atoms with Crippen molar-refractivity contribution in [1.82, 2.24) is 4.98 Å². The van der Waals surface area contributed by atoms with Gasteiger partial charge >= 0.3 is 5.97 Å². The van der Waals surface area contributed by atoms with Gasteiger partial charge in [-0.15, -0.1) is 0 Å². The second kappa shape index (κ2) is 5.63. The molecule has 20 heavy (non-hydrogen) atoms. The van der Waals surface area contributed by atoms with Gasteiger partial charge in [0.25, 0.3) is 0 Å². The third-order valence-electron chi connectivity index (χ3n) is 3.53. The fourth-order valence-corrected chi connectivity index (χ4v) is 2.73. The number of rotatable bonds is 2. The maximum absolute atomic E-state index is 12.2. The average Bonchev–Trinajstić information content (AvgIpc) is 2.47. The average molecular weight is 288 g/mol. The Hall–Kier alpha value is -1.87. The van der Waals surface area contributed by atoms with Crippen LogP contribution in [0.2, 0.25) is 5.15 Å². The van der Waals surface area contributed by atoms with Gasteiger partial charge < -0.3 is 4.74 Å². The number of halogens is 1. The molecule has 0 N–H and O–H groups in total. The van der Waals surface area contributed by atoms with E-state index in [4.69, 9.17) is 16.3 Å². The molecule has 3 nitrogen and oxygen atoms in total. The van der Waals surface area contributed by atoms with Crippen LogP contribution in [-0.2, 0) is 11.2 Å². The lowest BCUT2D eigenvalue weighted by molar-refractivity contribution is 0.0256. The van der Waals surface area contributed by atoms with E-state index >= 15 is 0 Å². The number of benzene rings is 1. The first-order valence-corrected chi connectivity index (χ1v) is 7.02. The summed E-state index contributed by atoms with van der Waals surface area (Å²) in [6.45, 7) is 0. The molecule has 0 bridgehead atoms. The van der Waals surface area contributed by atoms with Crippen LogP contribution in [0.4, 0.5) is 0 Å². The van der Waals surface area contributed by atoms with E-state index in [2.05, 4.69) is 11.1 Å². The molecule has 0 aliphatic heterocycles. The van der Waals surface area contributed by atoms with E-state index in [1.54, 1.807) is 6.07 Å². The molecule has 1 unspecified atom stereocenters. The minimum atomic E-state index is -0.351. The molecule has 102 valence electrons. The van der Waals surface area contributed by atoms with Gasteiger partial charge in [0, 0.05) is 6.20 Å². The first-order valence-electron chi connectivity index (χ1n) is 6.64. The van der Waals surface area contributed by atoms with Gasteiger partial charge in [-0.25, -0.2) is 9.78 Å². The highest BCUT2D eigenvalue weighted by Crippen LogP contribution is 2.32. The minimum Gasteiger partial charge on any atom is -0.454 e. The van der Waals surface area contributed by atoms with Crippen molar-refractivity contribution in [2.24, 2.45) is 0 Å². The van der Waals surface area contributed by atoms with Gasteiger partial charge in [-0.1, -0.05) is 35.9 Å². The molecule has 4 heteroatoms. The first-order chi connectivity index (χ1) is 9.74. The molecule has 2 aromatic rings. The van der Waals surface area contributed by atoms with Crippen molar-refractivity contribution in [2.75, 3.05) is 0 Å². The zero-order valence-corrected chi connectivity index (χ0v) is 11.6. The maximum atomic E-state index is 12.2. The van der Waals surface area contributed by atoms with E-state index < -0.39 is 0 Å². The number of aromatic nitrogens is 1. The first kappa shape index (κ1) is 13.1. The Kier molecular flexibility index (Phi) is 3.70. The third-order valence-corrected chi connectivity index (χ3v) is 3.73. The van der Waals surface area contributed by atoms with Crippen LogP contribution in [0.3, 0.4) is 0 Å². The summed E-state index contributed by atoms with van der Waals surface area (Å²) in [7, 11) is 0. The van der Waals surface area contributed by atoms with Crippen molar-refractivity contribution in [2.45, 2.75) is 25.4 Å². The number of carbonyl (C=O) groups excluding carboxylic acids is 1. The molecule has 1 aromatic heterocycles. The normalized spacial score (nSPS) is 17.4. The fourth-order valence-electron chi connectivity index (χ4n) is 2.56. The van der Waals surface area contributed by atoms with Crippen LogP contribution < -0.4 is 0 Å². The van der Waals surface area contributed by atoms with Crippen LogP contribution >= 0.6 is 11.6 Å². The van der Waals surface area contributed by atoms with Crippen LogP contribution in [-0.4, -0.2) is 11.0 Å². The Bertz CT molecular complexity index is 642. The van der Waals surface area contributed by atoms with Crippen molar-refractivity contribution in [3.63, 3.8) is 0 Å². The van der Waals surface area contributed by atoms with Crippen LogP contribution in [0, 0.1) is 0 Å². The van der Waals surface area contributed by atoms with Crippen molar-refractivity contribution in [3.05, 3.63) is 64.4 Å². The number of hydrogen-bond acceptors (Lipinski definition) is 3. The maximum Gasteiger partial charge on any atom is 0.338 e. The molecule has 0 saturated heterocycles. The topological polar surface area (TPSA) is 39.2 Å². The summed E-state index contributed by atoms with van der Waals surface area (Å²) in [6.07, 6.45) is 4.28. The zero-order chi connectivity index (χ0) is 13.9. The molecule has 1 aliphatic carbocycles. The Balaban J connectivity index is 1.81. The quantitative estimate of drug-likeness (QED) is 0.620. The summed E-state index contributed by atoms with van der Waals surface area (Å²) in [5.41, 5.74) is 2.82. The molecule has 3 rings (SSSR count). The monoisotopic (exact) mass is 287 g/mol. The van der Waals surface area contributed by atoms with Gasteiger partial charge in [-0.2, -0.15) is 0 Å².